The van der Waals surface area contributed by atoms with Gasteiger partial charge in [0.25, 0.3) is 0 Å². The van der Waals surface area contributed by atoms with Gasteiger partial charge in [-0.15, -0.1) is 0 Å². The molecule has 2 fully saturated rings. The van der Waals surface area contributed by atoms with Gasteiger partial charge in [0.05, 0.1) is 0 Å². The Balaban J connectivity index is 1.70. The summed E-state index contributed by atoms with van der Waals surface area (Å²) in [6.07, 6.45) is 8.86. The molecule has 24 heavy (non-hydrogen) atoms. The van der Waals surface area contributed by atoms with Gasteiger partial charge < -0.3 is 19.8 Å². The van der Waals surface area contributed by atoms with Crippen LogP contribution in [-0.2, 0) is 0 Å². The second-order valence-corrected chi connectivity index (χ2v) is 7.42. The van der Waals surface area contributed by atoms with Crippen molar-refractivity contribution in [3.63, 3.8) is 0 Å². The van der Waals surface area contributed by atoms with Crippen LogP contribution in [0.15, 0.2) is 12.4 Å². The summed E-state index contributed by atoms with van der Waals surface area (Å²) >= 11 is 0. The Hall–Kier alpha value is -1.40. The molecule has 0 radical (unpaired) electrons. The molecule has 0 bridgehead atoms. The maximum Gasteiger partial charge on any atom is 0.171 e. The third-order valence-electron chi connectivity index (χ3n) is 5.39. The maximum absolute atomic E-state index is 9.87. The van der Waals surface area contributed by atoms with E-state index in [0.29, 0.717) is 11.8 Å². The highest BCUT2D eigenvalue weighted by molar-refractivity contribution is 5.62. The van der Waals surface area contributed by atoms with Crippen LogP contribution in [0.2, 0.25) is 0 Å². The van der Waals surface area contributed by atoms with Gasteiger partial charge in [-0.1, -0.05) is 12.8 Å². The van der Waals surface area contributed by atoms with E-state index in [9.17, 15) is 5.11 Å². The van der Waals surface area contributed by atoms with Gasteiger partial charge in [-0.05, 0) is 31.8 Å². The van der Waals surface area contributed by atoms with Gasteiger partial charge in [0.15, 0.2) is 11.6 Å². The molecule has 2 aliphatic heterocycles. The van der Waals surface area contributed by atoms with Crippen LogP contribution >= 0.6 is 0 Å². The SMILES string of the molecule is CN(C)c1nccnc1N1C[C@@H](CN2CCCCCC2)[C@@H](CO)C1. The molecular formula is C18H31N5O. The minimum atomic E-state index is 0.257. The molecular weight excluding hydrogens is 302 g/mol. The molecule has 1 aromatic heterocycles. The van der Waals surface area contributed by atoms with Crippen molar-refractivity contribution in [2.45, 2.75) is 25.7 Å². The number of hydrogen-bond donors (Lipinski definition) is 1. The van der Waals surface area contributed by atoms with E-state index in [4.69, 9.17) is 0 Å². The van der Waals surface area contributed by atoms with Crippen molar-refractivity contribution >= 4 is 11.6 Å². The van der Waals surface area contributed by atoms with E-state index in [1.165, 1.54) is 38.8 Å². The molecule has 3 heterocycles. The molecule has 6 heteroatoms. The number of aliphatic hydroxyl groups is 1. The lowest BCUT2D eigenvalue weighted by Gasteiger charge is -2.26. The molecule has 1 N–H and O–H groups in total. The summed E-state index contributed by atoms with van der Waals surface area (Å²) in [6, 6.07) is 0. The number of anilines is 2. The zero-order valence-electron chi connectivity index (χ0n) is 15.1. The smallest absolute Gasteiger partial charge is 0.171 e. The van der Waals surface area contributed by atoms with E-state index >= 15 is 0 Å². The van der Waals surface area contributed by atoms with E-state index in [1.54, 1.807) is 12.4 Å². The predicted octanol–water partition coefficient (Wildman–Crippen LogP) is 1.46. The number of hydrogen-bond acceptors (Lipinski definition) is 6. The molecule has 0 amide bonds. The van der Waals surface area contributed by atoms with Crippen molar-refractivity contribution in [2.75, 3.05) is 63.2 Å². The number of nitrogens with zero attached hydrogens (tertiary/aromatic N) is 5. The summed E-state index contributed by atoms with van der Waals surface area (Å²) in [5.41, 5.74) is 0. The lowest BCUT2D eigenvalue weighted by molar-refractivity contribution is 0.165. The summed E-state index contributed by atoms with van der Waals surface area (Å²) in [4.78, 5) is 16.0. The van der Waals surface area contributed by atoms with Crippen LogP contribution in [0, 0.1) is 11.8 Å². The highest BCUT2D eigenvalue weighted by Crippen LogP contribution is 2.32. The highest BCUT2D eigenvalue weighted by atomic mass is 16.3. The minimum absolute atomic E-state index is 0.257. The lowest BCUT2D eigenvalue weighted by Crippen LogP contribution is -2.34. The van der Waals surface area contributed by atoms with Gasteiger partial charge >= 0.3 is 0 Å². The largest absolute Gasteiger partial charge is 0.396 e. The van der Waals surface area contributed by atoms with Crippen molar-refractivity contribution in [1.29, 1.82) is 0 Å². The molecule has 1 aromatic rings. The fourth-order valence-corrected chi connectivity index (χ4v) is 4.04. The first kappa shape index (κ1) is 17.4. The van der Waals surface area contributed by atoms with Crippen LogP contribution in [0.5, 0.6) is 0 Å². The second kappa shape index (κ2) is 8.12. The zero-order chi connectivity index (χ0) is 16.9. The quantitative estimate of drug-likeness (QED) is 0.880. The summed E-state index contributed by atoms with van der Waals surface area (Å²) in [6.45, 7) is 5.60. The van der Waals surface area contributed by atoms with Crippen LogP contribution in [-0.4, -0.2) is 73.4 Å². The van der Waals surface area contributed by atoms with Crippen molar-refractivity contribution < 1.29 is 5.11 Å². The summed E-state index contributed by atoms with van der Waals surface area (Å²) in [5.74, 6) is 2.68. The van der Waals surface area contributed by atoms with Crippen LogP contribution in [0.25, 0.3) is 0 Å². The Morgan fingerprint density at radius 3 is 2.38 bits per heavy atom. The third kappa shape index (κ3) is 3.98. The third-order valence-corrected chi connectivity index (χ3v) is 5.39. The summed E-state index contributed by atoms with van der Waals surface area (Å²) < 4.78 is 0. The average Bonchev–Trinajstić information content (AvgIpc) is 2.81. The normalized spacial score (nSPS) is 25.7. The van der Waals surface area contributed by atoms with Crippen molar-refractivity contribution in [3.8, 4) is 0 Å². The molecule has 0 spiro atoms. The van der Waals surface area contributed by atoms with Gasteiger partial charge in [0.2, 0.25) is 0 Å². The molecule has 0 unspecified atom stereocenters. The molecule has 2 saturated heterocycles. The second-order valence-electron chi connectivity index (χ2n) is 7.42. The van der Waals surface area contributed by atoms with E-state index in [0.717, 1.165) is 31.3 Å². The monoisotopic (exact) mass is 333 g/mol. The topological polar surface area (TPSA) is 55.7 Å². The number of rotatable bonds is 5. The Labute approximate surface area is 145 Å². The summed E-state index contributed by atoms with van der Waals surface area (Å²) in [5, 5.41) is 9.87. The number of aromatic nitrogens is 2. The van der Waals surface area contributed by atoms with Gasteiger partial charge in [-0.25, -0.2) is 9.97 Å². The Morgan fingerprint density at radius 1 is 1.04 bits per heavy atom. The first-order valence-electron chi connectivity index (χ1n) is 9.25. The van der Waals surface area contributed by atoms with E-state index in [2.05, 4.69) is 19.8 Å². The molecule has 2 aliphatic rings. The Morgan fingerprint density at radius 2 is 1.71 bits per heavy atom. The zero-order valence-corrected chi connectivity index (χ0v) is 15.1. The fraction of sp³-hybridized carbons (Fsp3) is 0.778. The van der Waals surface area contributed by atoms with Crippen LogP contribution in [0.1, 0.15) is 25.7 Å². The molecule has 0 saturated carbocycles. The highest BCUT2D eigenvalue weighted by Gasteiger charge is 2.35. The van der Waals surface area contributed by atoms with Crippen LogP contribution < -0.4 is 9.80 Å². The van der Waals surface area contributed by atoms with E-state index in [-0.39, 0.29) is 6.61 Å². The predicted molar refractivity (Wildman–Crippen MR) is 97.5 cm³/mol. The van der Waals surface area contributed by atoms with Crippen molar-refractivity contribution in [3.05, 3.63) is 12.4 Å². The number of aliphatic hydroxyl groups excluding tert-OH is 1. The fourth-order valence-electron chi connectivity index (χ4n) is 4.04. The average molecular weight is 333 g/mol. The Kier molecular flexibility index (Phi) is 5.89. The molecule has 0 aliphatic carbocycles. The standard InChI is InChI=1S/C18H31N5O/c1-21(2)17-18(20-8-7-19-17)23-12-15(16(13-23)14-24)11-22-9-5-3-4-6-10-22/h7-8,15-16,24H,3-6,9-14H2,1-2H3/t15-,16-/m1/s1. The lowest BCUT2D eigenvalue weighted by atomic mass is 9.96. The molecule has 0 aromatic carbocycles. The van der Waals surface area contributed by atoms with Gasteiger partial charge in [-0.3, -0.25) is 0 Å². The maximum atomic E-state index is 9.87. The molecule has 3 rings (SSSR count). The molecule has 6 nitrogen and oxygen atoms in total. The minimum Gasteiger partial charge on any atom is -0.396 e. The van der Waals surface area contributed by atoms with Crippen molar-refractivity contribution in [1.82, 2.24) is 14.9 Å². The van der Waals surface area contributed by atoms with Crippen LogP contribution in [0.3, 0.4) is 0 Å². The first-order chi connectivity index (χ1) is 11.7. The van der Waals surface area contributed by atoms with Gasteiger partial charge in [-0.2, -0.15) is 0 Å². The number of likely N-dealkylation sites (tertiary alicyclic amines) is 1. The van der Waals surface area contributed by atoms with Crippen LogP contribution in [0.4, 0.5) is 11.6 Å². The molecule has 134 valence electrons. The van der Waals surface area contributed by atoms with Gasteiger partial charge in [0, 0.05) is 58.6 Å². The molecule has 2 atom stereocenters. The Bertz CT molecular complexity index is 516. The van der Waals surface area contributed by atoms with E-state index < -0.39 is 0 Å². The van der Waals surface area contributed by atoms with E-state index in [1.807, 2.05) is 19.0 Å². The van der Waals surface area contributed by atoms with Crippen molar-refractivity contribution in [2.24, 2.45) is 11.8 Å². The summed E-state index contributed by atoms with van der Waals surface area (Å²) in [7, 11) is 4.00. The first-order valence-corrected chi connectivity index (χ1v) is 9.25. The van der Waals surface area contributed by atoms with Gasteiger partial charge in [0.1, 0.15) is 0 Å².